The summed E-state index contributed by atoms with van der Waals surface area (Å²) >= 11 is 0. The lowest BCUT2D eigenvalue weighted by atomic mass is 9.96. The summed E-state index contributed by atoms with van der Waals surface area (Å²) < 4.78 is 0. The molecule has 0 aliphatic carbocycles. The van der Waals surface area contributed by atoms with Gasteiger partial charge in [-0.15, -0.1) is 0 Å². The van der Waals surface area contributed by atoms with Crippen LogP contribution in [0.5, 0.6) is 0 Å². The molecule has 1 aromatic carbocycles. The van der Waals surface area contributed by atoms with E-state index in [9.17, 15) is 14.4 Å². The van der Waals surface area contributed by atoms with Crippen molar-refractivity contribution < 1.29 is 14.4 Å². The van der Waals surface area contributed by atoms with Gasteiger partial charge in [-0.3, -0.25) is 19.3 Å². The molecular formula is C22H26N6O3. The highest BCUT2D eigenvalue weighted by molar-refractivity contribution is 6.01. The molecule has 0 spiro atoms. The molecular weight excluding hydrogens is 396 g/mol. The zero-order valence-corrected chi connectivity index (χ0v) is 17.4. The number of carbonyl (C=O) groups is 3. The summed E-state index contributed by atoms with van der Waals surface area (Å²) in [6.45, 7) is 1.64. The first-order valence-electron chi connectivity index (χ1n) is 10.3. The van der Waals surface area contributed by atoms with Crippen molar-refractivity contribution in [2.75, 3.05) is 36.9 Å². The Morgan fingerprint density at radius 2 is 1.90 bits per heavy atom. The molecule has 4 N–H and O–H groups in total. The highest BCUT2D eigenvalue weighted by atomic mass is 16.2. The smallest absolute Gasteiger partial charge is 0.256 e. The number of carbonyl (C=O) groups excluding carboxylic acids is 3. The molecule has 0 radical (unpaired) electrons. The number of primary amides is 1. The van der Waals surface area contributed by atoms with Crippen LogP contribution in [0, 0.1) is 5.92 Å². The molecule has 9 nitrogen and oxygen atoms in total. The molecule has 2 aliphatic rings. The molecule has 1 fully saturated rings. The molecule has 0 bridgehead atoms. The second-order valence-electron chi connectivity index (χ2n) is 7.98. The van der Waals surface area contributed by atoms with Gasteiger partial charge in [0.1, 0.15) is 12.0 Å². The van der Waals surface area contributed by atoms with Crippen molar-refractivity contribution in [3.63, 3.8) is 0 Å². The van der Waals surface area contributed by atoms with E-state index in [0.717, 1.165) is 5.56 Å². The second-order valence-corrected chi connectivity index (χ2v) is 7.98. The molecule has 1 atom stereocenters. The average Bonchev–Trinajstić information content (AvgIpc) is 2.77. The van der Waals surface area contributed by atoms with Gasteiger partial charge in [0.25, 0.3) is 5.91 Å². The minimum absolute atomic E-state index is 0.0903. The Labute approximate surface area is 180 Å². The number of likely N-dealkylation sites (tertiary alicyclic amines) is 1. The first kappa shape index (κ1) is 20.8. The number of amides is 3. The summed E-state index contributed by atoms with van der Waals surface area (Å²) in [7, 11) is 1.88. The Kier molecular flexibility index (Phi) is 5.85. The molecule has 3 heterocycles. The monoisotopic (exact) mass is 422 g/mol. The van der Waals surface area contributed by atoms with Gasteiger partial charge in [0.2, 0.25) is 11.8 Å². The average molecular weight is 422 g/mol. The minimum Gasteiger partial charge on any atom is -0.369 e. The van der Waals surface area contributed by atoms with Gasteiger partial charge in [0.05, 0.1) is 12.1 Å². The van der Waals surface area contributed by atoms with E-state index in [1.54, 1.807) is 18.3 Å². The number of benzene rings is 1. The molecule has 4 rings (SSSR count). The van der Waals surface area contributed by atoms with Crippen molar-refractivity contribution in [1.82, 2.24) is 15.2 Å². The van der Waals surface area contributed by atoms with Crippen LogP contribution in [0.1, 0.15) is 34.9 Å². The maximum atomic E-state index is 12.4. The third-order valence-corrected chi connectivity index (χ3v) is 5.89. The number of rotatable bonds is 5. The molecule has 0 saturated carbocycles. The van der Waals surface area contributed by atoms with E-state index < -0.39 is 0 Å². The van der Waals surface area contributed by atoms with Gasteiger partial charge >= 0.3 is 0 Å². The van der Waals surface area contributed by atoms with Gasteiger partial charge in [0, 0.05) is 24.8 Å². The van der Waals surface area contributed by atoms with Crippen molar-refractivity contribution in [1.29, 1.82) is 0 Å². The number of piperidine rings is 1. The van der Waals surface area contributed by atoms with Crippen LogP contribution < -0.4 is 21.3 Å². The lowest BCUT2D eigenvalue weighted by molar-refractivity contribution is -0.123. The van der Waals surface area contributed by atoms with Gasteiger partial charge in [-0.2, -0.15) is 0 Å². The van der Waals surface area contributed by atoms with Crippen LogP contribution in [0.3, 0.4) is 0 Å². The molecule has 162 valence electrons. The fraction of sp³-hybridized carbons (Fsp3) is 0.364. The molecule has 9 heteroatoms. The van der Waals surface area contributed by atoms with Crippen LogP contribution in [-0.2, 0) is 9.59 Å². The summed E-state index contributed by atoms with van der Waals surface area (Å²) in [5.41, 5.74) is 7.47. The van der Waals surface area contributed by atoms with Gasteiger partial charge in [-0.1, -0.05) is 12.1 Å². The highest BCUT2D eigenvalue weighted by Crippen LogP contribution is 2.30. The van der Waals surface area contributed by atoms with Gasteiger partial charge in [0.15, 0.2) is 0 Å². The van der Waals surface area contributed by atoms with E-state index in [0.29, 0.717) is 43.0 Å². The number of hydrogen-bond acceptors (Lipinski definition) is 6. The number of aromatic nitrogens is 1. The molecule has 31 heavy (non-hydrogen) atoms. The normalized spacial score (nSPS) is 19.5. The van der Waals surface area contributed by atoms with Gasteiger partial charge in [-0.05, 0) is 55.8 Å². The number of nitrogens with two attached hydrogens (primary N) is 1. The van der Waals surface area contributed by atoms with E-state index in [1.807, 2.05) is 41.1 Å². The maximum absolute atomic E-state index is 12.4. The first-order valence-corrected chi connectivity index (χ1v) is 10.3. The predicted octanol–water partition coefficient (Wildman–Crippen LogP) is 1.10. The number of pyridine rings is 1. The lowest BCUT2D eigenvalue weighted by Gasteiger charge is -2.35. The quantitative estimate of drug-likeness (QED) is 0.664. The van der Waals surface area contributed by atoms with E-state index in [-0.39, 0.29) is 36.3 Å². The third-order valence-electron chi connectivity index (χ3n) is 5.89. The topological polar surface area (TPSA) is 121 Å². The molecule has 2 aromatic rings. The van der Waals surface area contributed by atoms with Crippen molar-refractivity contribution in [2.45, 2.75) is 19.0 Å². The third kappa shape index (κ3) is 4.51. The van der Waals surface area contributed by atoms with Gasteiger partial charge in [-0.25, -0.2) is 4.98 Å². The summed E-state index contributed by atoms with van der Waals surface area (Å²) in [4.78, 5) is 44.3. The minimum atomic E-state index is -0.341. The maximum Gasteiger partial charge on any atom is 0.256 e. The predicted molar refractivity (Wildman–Crippen MR) is 116 cm³/mol. The molecule has 1 saturated heterocycles. The van der Waals surface area contributed by atoms with Crippen LogP contribution in [-0.4, -0.2) is 54.3 Å². The van der Waals surface area contributed by atoms with Crippen LogP contribution in [0.2, 0.25) is 0 Å². The first-order chi connectivity index (χ1) is 14.9. The Hall–Kier alpha value is -3.46. The SMILES string of the molecule is CN1c2ncccc2C(=O)N[C@@H]1c1ccc(NC(=O)CN2CCC(C(N)=O)CC2)cc1. The van der Waals surface area contributed by atoms with Crippen molar-refractivity contribution >= 4 is 29.2 Å². The molecule has 1 aromatic heterocycles. The largest absolute Gasteiger partial charge is 0.369 e. The molecule has 0 unspecified atom stereocenters. The Bertz CT molecular complexity index is 985. The van der Waals surface area contributed by atoms with Crippen LogP contribution in [0.15, 0.2) is 42.6 Å². The summed E-state index contributed by atoms with van der Waals surface area (Å²) in [6, 6.07) is 10.9. The Morgan fingerprint density at radius 3 is 2.58 bits per heavy atom. The highest BCUT2D eigenvalue weighted by Gasteiger charge is 2.30. The second kappa shape index (κ2) is 8.73. The molecule has 2 aliphatic heterocycles. The van der Waals surface area contributed by atoms with Crippen molar-refractivity contribution in [3.05, 3.63) is 53.7 Å². The van der Waals surface area contributed by atoms with Crippen LogP contribution in [0.25, 0.3) is 0 Å². The van der Waals surface area contributed by atoms with Gasteiger partial charge < -0.3 is 21.3 Å². The lowest BCUT2D eigenvalue weighted by Crippen LogP contribution is -2.45. The van der Waals surface area contributed by atoms with Crippen LogP contribution in [0.4, 0.5) is 11.5 Å². The standard InChI is InChI=1S/C22H26N6O3/c1-27-20(26-22(31)17-3-2-10-24-21(17)27)15-4-6-16(7-5-15)25-18(29)13-28-11-8-14(9-12-28)19(23)30/h2-7,10,14,20H,8-9,11-13H2,1H3,(H2,23,30)(H,25,29)(H,26,31)/t20-/m0/s1. The number of nitrogens with one attached hydrogen (secondary N) is 2. The number of fused-ring (bicyclic) bond motifs is 1. The fourth-order valence-electron chi connectivity index (χ4n) is 4.11. The van der Waals surface area contributed by atoms with E-state index in [1.165, 1.54) is 0 Å². The zero-order valence-electron chi connectivity index (χ0n) is 17.4. The number of nitrogens with zero attached hydrogens (tertiary/aromatic N) is 3. The van der Waals surface area contributed by atoms with Crippen molar-refractivity contribution in [2.24, 2.45) is 11.7 Å². The Balaban J connectivity index is 1.35. The number of hydrogen-bond donors (Lipinski definition) is 3. The summed E-state index contributed by atoms with van der Waals surface area (Å²) in [6.07, 6.45) is 2.71. The Morgan fingerprint density at radius 1 is 1.19 bits per heavy atom. The van der Waals surface area contributed by atoms with Crippen LogP contribution >= 0.6 is 0 Å². The zero-order chi connectivity index (χ0) is 22.0. The van der Waals surface area contributed by atoms with E-state index >= 15 is 0 Å². The van der Waals surface area contributed by atoms with E-state index in [2.05, 4.69) is 15.6 Å². The van der Waals surface area contributed by atoms with E-state index in [4.69, 9.17) is 5.73 Å². The van der Waals surface area contributed by atoms with Crippen molar-refractivity contribution in [3.8, 4) is 0 Å². The fourth-order valence-corrected chi connectivity index (χ4v) is 4.11. The summed E-state index contributed by atoms with van der Waals surface area (Å²) in [5.74, 6) is 0.0135. The molecule has 3 amide bonds. The number of anilines is 2. The summed E-state index contributed by atoms with van der Waals surface area (Å²) in [5, 5.41) is 5.89.